The van der Waals surface area contributed by atoms with E-state index in [2.05, 4.69) is 36.9 Å². The molecule has 36 heavy (non-hydrogen) atoms. The molecule has 3 atom stereocenters. The summed E-state index contributed by atoms with van der Waals surface area (Å²) in [6, 6.07) is 7.84. The molecule has 0 saturated heterocycles. The third-order valence-electron chi connectivity index (χ3n) is 9.13. The van der Waals surface area contributed by atoms with Gasteiger partial charge in [-0.3, -0.25) is 4.99 Å². The molecule has 3 aliphatic rings. The number of halogens is 1. The van der Waals surface area contributed by atoms with Crippen molar-refractivity contribution in [3.8, 4) is 0 Å². The smallest absolute Gasteiger partial charge is 0.335 e. The molecule has 0 N–H and O–H groups in total. The highest BCUT2D eigenvalue weighted by atomic mass is 19.1. The predicted molar refractivity (Wildman–Crippen MR) is 144 cm³/mol. The molecule has 1 aliphatic heterocycles. The number of methoxy groups -OCH3 is 1. The summed E-state index contributed by atoms with van der Waals surface area (Å²) in [5.74, 6) is 0.533. The van der Waals surface area contributed by atoms with E-state index in [9.17, 15) is 9.18 Å². The van der Waals surface area contributed by atoms with Crippen LogP contribution >= 0.6 is 0 Å². The van der Waals surface area contributed by atoms with Crippen LogP contribution in [0.15, 0.2) is 29.3 Å². The molecule has 6 heteroatoms. The molecule has 5 nitrogen and oxygen atoms in total. The first kappa shape index (κ1) is 27.1. The van der Waals surface area contributed by atoms with E-state index in [1.807, 2.05) is 12.4 Å². The fourth-order valence-corrected chi connectivity index (χ4v) is 7.47. The Bertz CT molecular complexity index is 892. The Balaban J connectivity index is 1.57. The maximum absolute atomic E-state index is 14.1. The van der Waals surface area contributed by atoms with E-state index in [0.717, 1.165) is 50.5 Å². The van der Waals surface area contributed by atoms with Gasteiger partial charge in [0.2, 0.25) is 0 Å². The molecule has 0 bridgehead atoms. The van der Waals surface area contributed by atoms with Crippen LogP contribution < -0.4 is 0 Å². The summed E-state index contributed by atoms with van der Waals surface area (Å²) in [4.78, 5) is 23.1. The molecule has 0 spiro atoms. The molecule has 2 fully saturated rings. The van der Waals surface area contributed by atoms with Crippen LogP contribution in [0.1, 0.15) is 95.6 Å². The first-order chi connectivity index (χ1) is 17.4. The third kappa shape index (κ3) is 5.49. The van der Waals surface area contributed by atoms with Gasteiger partial charge in [0.1, 0.15) is 5.82 Å². The number of rotatable bonds is 9. The Morgan fingerprint density at radius 2 is 1.89 bits per heavy atom. The summed E-state index contributed by atoms with van der Waals surface area (Å²) in [6.07, 6.45) is 15.2. The van der Waals surface area contributed by atoms with Crippen LogP contribution in [-0.4, -0.2) is 60.9 Å². The summed E-state index contributed by atoms with van der Waals surface area (Å²) in [6.45, 7) is 2.18. The first-order valence-corrected chi connectivity index (χ1v) is 14.2. The Kier molecular flexibility index (Phi) is 9.08. The number of ether oxygens (including phenoxy) is 1. The number of esters is 1. The summed E-state index contributed by atoms with van der Waals surface area (Å²) >= 11 is 0. The number of nitrogens with zero attached hydrogens (tertiary/aromatic N) is 3. The molecule has 1 aromatic carbocycles. The summed E-state index contributed by atoms with van der Waals surface area (Å²) in [5.41, 5.74) is 0.270. The van der Waals surface area contributed by atoms with Crippen molar-refractivity contribution in [2.45, 2.75) is 108 Å². The molecule has 1 heterocycles. The Morgan fingerprint density at radius 3 is 2.50 bits per heavy atom. The van der Waals surface area contributed by atoms with Crippen LogP contribution in [0.2, 0.25) is 0 Å². The van der Waals surface area contributed by atoms with Gasteiger partial charge in [-0.05, 0) is 88.6 Å². The van der Waals surface area contributed by atoms with Crippen LogP contribution in [0.5, 0.6) is 0 Å². The van der Waals surface area contributed by atoms with Gasteiger partial charge < -0.3 is 14.5 Å². The van der Waals surface area contributed by atoms with Gasteiger partial charge in [0.15, 0.2) is 5.54 Å². The van der Waals surface area contributed by atoms with Crippen molar-refractivity contribution in [1.82, 2.24) is 9.80 Å². The Hall–Kier alpha value is -1.95. The highest BCUT2D eigenvalue weighted by Crippen LogP contribution is 2.47. The lowest BCUT2D eigenvalue weighted by Gasteiger charge is -2.47. The van der Waals surface area contributed by atoms with Crippen molar-refractivity contribution in [3.63, 3.8) is 0 Å². The first-order valence-electron chi connectivity index (χ1n) is 14.2. The highest BCUT2D eigenvalue weighted by Gasteiger charge is 2.56. The van der Waals surface area contributed by atoms with Gasteiger partial charge in [0.25, 0.3) is 0 Å². The summed E-state index contributed by atoms with van der Waals surface area (Å²) < 4.78 is 19.5. The molecule has 2 saturated carbocycles. The van der Waals surface area contributed by atoms with E-state index >= 15 is 0 Å². The summed E-state index contributed by atoms with van der Waals surface area (Å²) in [7, 11) is 5.72. The number of unbranched alkanes of at least 4 members (excludes halogenated alkanes) is 1. The van der Waals surface area contributed by atoms with Gasteiger partial charge in [-0.2, -0.15) is 0 Å². The third-order valence-corrected chi connectivity index (χ3v) is 9.13. The van der Waals surface area contributed by atoms with E-state index in [4.69, 9.17) is 9.73 Å². The lowest BCUT2D eigenvalue weighted by molar-refractivity contribution is -0.150. The Labute approximate surface area is 217 Å². The van der Waals surface area contributed by atoms with Crippen LogP contribution in [0.25, 0.3) is 0 Å². The second-order valence-corrected chi connectivity index (χ2v) is 11.6. The van der Waals surface area contributed by atoms with Crippen molar-refractivity contribution < 1.29 is 13.9 Å². The summed E-state index contributed by atoms with van der Waals surface area (Å²) in [5, 5.41) is 0. The van der Waals surface area contributed by atoms with Crippen molar-refractivity contribution in [1.29, 1.82) is 0 Å². The minimum Gasteiger partial charge on any atom is -0.467 e. The van der Waals surface area contributed by atoms with Crippen molar-refractivity contribution in [3.05, 3.63) is 35.6 Å². The van der Waals surface area contributed by atoms with Gasteiger partial charge in [-0.15, -0.1) is 0 Å². The Morgan fingerprint density at radius 1 is 1.17 bits per heavy atom. The van der Waals surface area contributed by atoms with Crippen molar-refractivity contribution >= 4 is 12.3 Å². The van der Waals surface area contributed by atoms with E-state index in [1.165, 1.54) is 45.3 Å². The predicted octanol–water partition coefficient (Wildman–Crippen LogP) is 6.38. The number of hydrogen-bond acceptors (Lipinski definition) is 5. The molecule has 0 aromatic heterocycles. The number of carbonyl (C=O) groups excluding carboxylic acids is 1. The lowest BCUT2D eigenvalue weighted by Crippen LogP contribution is -2.58. The zero-order valence-corrected chi connectivity index (χ0v) is 22.8. The van der Waals surface area contributed by atoms with Crippen molar-refractivity contribution in [2.24, 2.45) is 16.8 Å². The number of carbonyl (C=O) groups is 1. The fraction of sp³-hybridized carbons (Fsp3) is 0.733. The van der Waals surface area contributed by atoms with Gasteiger partial charge >= 0.3 is 5.97 Å². The van der Waals surface area contributed by atoms with E-state index in [0.29, 0.717) is 17.9 Å². The largest absolute Gasteiger partial charge is 0.467 e. The molecule has 2 aliphatic carbocycles. The topological polar surface area (TPSA) is 45.1 Å². The molecular weight excluding hydrogens is 453 g/mol. The van der Waals surface area contributed by atoms with Crippen LogP contribution in [0.4, 0.5) is 4.39 Å². The second-order valence-electron chi connectivity index (χ2n) is 11.6. The van der Waals surface area contributed by atoms with E-state index in [-0.39, 0.29) is 23.9 Å². The molecule has 200 valence electrons. The van der Waals surface area contributed by atoms with Crippen molar-refractivity contribution in [2.75, 3.05) is 21.2 Å². The maximum Gasteiger partial charge on any atom is 0.335 e. The fourth-order valence-electron chi connectivity index (χ4n) is 7.47. The normalized spacial score (nSPS) is 30.1. The number of hydrogen-bond donors (Lipinski definition) is 0. The average molecular weight is 500 g/mol. The number of aliphatic imine (C=N–C) groups is 1. The zero-order chi connectivity index (χ0) is 25.7. The van der Waals surface area contributed by atoms with Gasteiger partial charge in [0.05, 0.1) is 19.5 Å². The van der Waals surface area contributed by atoms with E-state index in [1.54, 1.807) is 6.07 Å². The molecule has 4 rings (SSSR count). The highest BCUT2D eigenvalue weighted by molar-refractivity contribution is 5.86. The maximum atomic E-state index is 14.1. The standard InChI is InChI=1S/C30H46FN3O2/c1-5-6-19-30(29(35)36-4)28(34(21-32-30)26-13-8-7-9-14-26)23-17-15-22(16-18-23)27(33(2)3)24-11-10-12-25(31)20-24/h10-12,20-23,26-28H,5-9,13-19H2,1-4H3. The van der Waals surface area contributed by atoms with Crippen LogP contribution in [0.3, 0.4) is 0 Å². The SMILES string of the molecule is CCCCC1(C(=O)OC)N=CN(C2CCCCC2)C1C1CCC(C(c2cccc(F)c2)N(C)C)CC1. The van der Waals surface area contributed by atoms with E-state index < -0.39 is 5.54 Å². The molecule has 0 radical (unpaired) electrons. The van der Waals surface area contributed by atoms with Crippen LogP contribution in [-0.2, 0) is 9.53 Å². The van der Waals surface area contributed by atoms with Gasteiger partial charge in [0, 0.05) is 12.1 Å². The lowest BCUT2D eigenvalue weighted by atomic mass is 9.68. The monoisotopic (exact) mass is 499 g/mol. The average Bonchev–Trinajstić information content (AvgIpc) is 3.28. The molecular formula is C30H46FN3O2. The number of benzene rings is 1. The minimum atomic E-state index is -0.788. The quantitative estimate of drug-likeness (QED) is 0.370. The van der Waals surface area contributed by atoms with Gasteiger partial charge in [-0.1, -0.05) is 51.2 Å². The molecule has 0 amide bonds. The molecule has 1 aromatic rings. The molecule has 3 unspecified atom stereocenters. The second kappa shape index (κ2) is 12.1. The van der Waals surface area contributed by atoms with Gasteiger partial charge in [-0.25, -0.2) is 9.18 Å². The minimum absolute atomic E-state index is 0.0764. The zero-order valence-electron chi connectivity index (χ0n) is 22.8. The van der Waals surface area contributed by atoms with Crippen LogP contribution in [0, 0.1) is 17.7 Å².